The van der Waals surface area contributed by atoms with Crippen LogP contribution < -0.4 is 0 Å². The molecule has 1 saturated heterocycles. The zero-order chi connectivity index (χ0) is 7.84. The number of hydrogen-bond acceptors (Lipinski definition) is 3. The number of rotatable bonds is 0. The molecule has 1 aliphatic carbocycles. The van der Waals surface area contributed by atoms with Gasteiger partial charge >= 0.3 is 5.97 Å². The van der Waals surface area contributed by atoms with Crippen LogP contribution in [-0.4, -0.2) is 23.3 Å². The minimum absolute atomic E-state index is 0.0197. The van der Waals surface area contributed by atoms with E-state index in [0.717, 1.165) is 19.3 Å². The van der Waals surface area contributed by atoms with Gasteiger partial charge in [0.15, 0.2) is 0 Å². The van der Waals surface area contributed by atoms with Gasteiger partial charge in [0.2, 0.25) is 0 Å². The van der Waals surface area contributed by atoms with Crippen LogP contribution in [0.1, 0.15) is 25.7 Å². The maximum Gasteiger partial charge on any atom is 0.306 e. The van der Waals surface area contributed by atoms with Crippen LogP contribution in [0.4, 0.5) is 0 Å². The largest absolute Gasteiger partial charge is 0.462 e. The number of carbonyl (C=O) groups excluding carboxylic acids is 1. The molecule has 0 aromatic carbocycles. The highest BCUT2D eigenvalue weighted by Crippen LogP contribution is 2.34. The Labute approximate surface area is 65.4 Å². The molecule has 0 bridgehead atoms. The standard InChI is InChI=1S/C8H12O3/c9-6-2-1-3-7-5(6)4-8(10)11-7/h5-7,9H,1-4H2/t5?,6-,7?/m0/s1. The van der Waals surface area contributed by atoms with E-state index in [1.54, 1.807) is 0 Å². The van der Waals surface area contributed by atoms with Crippen LogP contribution in [0.2, 0.25) is 0 Å². The summed E-state index contributed by atoms with van der Waals surface area (Å²) in [6, 6.07) is 0. The van der Waals surface area contributed by atoms with Crippen LogP contribution in [-0.2, 0) is 9.53 Å². The van der Waals surface area contributed by atoms with Crippen molar-refractivity contribution in [2.75, 3.05) is 0 Å². The zero-order valence-corrected chi connectivity index (χ0v) is 6.32. The van der Waals surface area contributed by atoms with Crippen LogP contribution >= 0.6 is 0 Å². The van der Waals surface area contributed by atoms with Crippen molar-refractivity contribution in [2.45, 2.75) is 37.9 Å². The van der Waals surface area contributed by atoms with Crippen molar-refractivity contribution in [2.24, 2.45) is 5.92 Å². The van der Waals surface area contributed by atoms with Gasteiger partial charge in [-0.25, -0.2) is 0 Å². The number of ether oxygens (including phenoxy) is 1. The maximum absolute atomic E-state index is 10.8. The first-order valence-corrected chi connectivity index (χ1v) is 4.15. The number of aliphatic hydroxyl groups is 1. The van der Waals surface area contributed by atoms with E-state index in [1.165, 1.54) is 0 Å². The molecule has 3 nitrogen and oxygen atoms in total. The molecule has 2 aliphatic rings. The smallest absolute Gasteiger partial charge is 0.306 e. The lowest BCUT2D eigenvalue weighted by atomic mass is 9.84. The minimum atomic E-state index is -0.305. The van der Waals surface area contributed by atoms with Crippen LogP contribution in [0.25, 0.3) is 0 Å². The predicted octanol–water partition coefficient (Wildman–Crippen LogP) is 0.463. The van der Waals surface area contributed by atoms with E-state index in [2.05, 4.69) is 0 Å². The van der Waals surface area contributed by atoms with Crippen molar-refractivity contribution >= 4 is 5.97 Å². The Balaban J connectivity index is 2.09. The summed E-state index contributed by atoms with van der Waals surface area (Å²) in [5.74, 6) is -0.0443. The average Bonchev–Trinajstić information content (AvgIpc) is 2.31. The van der Waals surface area contributed by atoms with Gasteiger partial charge in [0, 0.05) is 5.92 Å². The molecule has 1 N–H and O–H groups in total. The summed E-state index contributed by atoms with van der Waals surface area (Å²) >= 11 is 0. The summed E-state index contributed by atoms with van der Waals surface area (Å²) < 4.78 is 5.04. The van der Waals surface area contributed by atoms with Crippen molar-refractivity contribution in [1.29, 1.82) is 0 Å². The van der Waals surface area contributed by atoms with E-state index in [-0.39, 0.29) is 24.1 Å². The molecule has 2 fully saturated rings. The topological polar surface area (TPSA) is 46.5 Å². The molecular weight excluding hydrogens is 144 g/mol. The van der Waals surface area contributed by atoms with Gasteiger partial charge in [-0.1, -0.05) is 0 Å². The quantitative estimate of drug-likeness (QED) is 0.518. The first-order chi connectivity index (χ1) is 5.27. The van der Waals surface area contributed by atoms with Crippen molar-refractivity contribution in [3.8, 4) is 0 Å². The van der Waals surface area contributed by atoms with Gasteiger partial charge in [0.25, 0.3) is 0 Å². The third-order valence-electron chi connectivity index (χ3n) is 2.65. The fourth-order valence-corrected chi connectivity index (χ4v) is 2.03. The third kappa shape index (κ3) is 1.13. The van der Waals surface area contributed by atoms with Gasteiger partial charge in [-0.15, -0.1) is 0 Å². The van der Waals surface area contributed by atoms with E-state index in [0.29, 0.717) is 6.42 Å². The van der Waals surface area contributed by atoms with E-state index >= 15 is 0 Å². The Hall–Kier alpha value is -0.570. The molecule has 1 heterocycles. The fraction of sp³-hybridized carbons (Fsp3) is 0.875. The molecule has 0 aromatic heterocycles. The highest BCUT2D eigenvalue weighted by molar-refractivity contribution is 5.72. The van der Waals surface area contributed by atoms with Crippen molar-refractivity contribution in [1.82, 2.24) is 0 Å². The Kier molecular flexibility index (Phi) is 1.60. The highest BCUT2D eigenvalue weighted by atomic mass is 16.6. The summed E-state index contributed by atoms with van der Waals surface area (Å²) in [6.45, 7) is 0. The lowest BCUT2D eigenvalue weighted by Gasteiger charge is -2.27. The SMILES string of the molecule is O=C1CC2C(CCC[C@@H]2O)O1. The molecule has 0 amide bonds. The second-order valence-corrected chi connectivity index (χ2v) is 3.39. The molecule has 2 unspecified atom stereocenters. The Morgan fingerprint density at radius 1 is 1.45 bits per heavy atom. The zero-order valence-electron chi connectivity index (χ0n) is 6.32. The van der Waals surface area contributed by atoms with Gasteiger partial charge in [0.1, 0.15) is 6.10 Å². The van der Waals surface area contributed by atoms with Gasteiger partial charge in [-0.3, -0.25) is 4.79 Å². The molecule has 3 heteroatoms. The summed E-state index contributed by atoms with van der Waals surface area (Å²) in [5.41, 5.74) is 0. The van der Waals surface area contributed by atoms with E-state index in [1.807, 2.05) is 0 Å². The van der Waals surface area contributed by atoms with E-state index in [4.69, 9.17) is 4.74 Å². The Morgan fingerprint density at radius 2 is 2.27 bits per heavy atom. The predicted molar refractivity (Wildman–Crippen MR) is 37.8 cm³/mol. The number of carbonyl (C=O) groups is 1. The van der Waals surface area contributed by atoms with Gasteiger partial charge in [0.05, 0.1) is 12.5 Å². The van der Waals surface area contributed by atoms with E-state index < -0.39 is 0 Å². The molecule has 62 valence electrons. The first kappa shape index (κ1) is 7.10. The maximum atomic E-state index is 10.8. The highest BCUT2D eigenvalue weighted by Gasteiger charge is 2.41. The van der Waals surface area contributed by atoms with Crippen molar-refractivity contribution in [3.05, 3.63) is 0 Å². The lowest BCUT2D eigenvalue weighted by Crippen LogP contribution is -2.32. The summed E-state index contributed by atoms with van der Waals surface area (Å²) in [4.78, 5) is 10.8. The first-order valence-electron chi connectivity index (χ1n) is 4.15. The Bertz CT molecular complexity index is 178. The summed E-state index contributed by atoms with van der Waals surface area (Å²) in [7, 11) is 0. The Morgan fingerprint density at radius 3 is 3.00 bits per heavy atom. The molecule has 0 radical (unpaired) electrons. The summed E-state index contributed by atoms with van der Waals surface area (Å²) in [6.07, 6.45) is 2.89. The van der Waals surface area contributed by atoms with Crippen LogP contribution in [0.5, 0.6) is 0 Å². The monoisotopic (exact) mass is 156 g/mol. The van der Waals surface area contributed by atoms with Crippen LogP contribution in [0.3, 0.4) is 0 Å². The molecule has 3 atom stereocenters. The van der Waals surface area contributed by atoms with Crippen LogP contribution in [0.15, 0.2) is 0 Å². The van der Waals surface area contributed by atoms with Gasteiger partial charge in [-0.2, -0.15) is 0 Å². The lowest BCUT2D eigenvalue weighted by molar-refractivity contribution is -0.142. The van der Waals surface area contributed by atoms with E-state index in [9.17, 15) is 9.90 Å². The molecule has 11 heavy (non-hydrogen) atoms. The second-order valence-electron chi connectivity index (χ2n) is 3.39. The second kappa shape index (κ2) is 2.48. The molecule has 1 saturated carbocycles. The molecular formula is C8H12O3. The average molecular weight is 156 g/mol. The number of aliphatic hydroxyl groups excluding tert-OH is 1. The third-order valence-corrected chi connectivity index (χ3v) is 2.65. The van der Waals surface area contributed by atoms with Gasteiger partial charge in [-0.05, 0) is 19.3 Å². The normalized spacial score (nSPS) is 43.4. The van der Waals surface area contributed by atoms with Crippen molar-refractivity contribution in [3.63, 3.8) is 0 Å². The molecule has 0 spiro atoms. The number of hydrogen-bond donors (Lipinski definition) is 1. The molecule has 0 aromatic rings. The molecule has 2 rings (SSSR count). The number of esters is 1. The van der Waals surface area contributed by atoms with Gasteiger partial charge < -0.3 is 9.84 Å². The van der Waals surface area contributed by atoms with Crippen molar-refractivity contribution < 1.29 is 14.6 Å². The minimum Gasteiger partial charge on any atom is -0.462 e. The summed E-state index contributed by atoms with van der Waals surface area (Å²) in [5, 5.41) is 9.46. The molecule has 1 aliphatic heterocycles. The fourth-order valence-electron chi connectivity index (χ4n) is 2.03. The number of fused-ring (bicyclic) bond motifs is 1. The van der Waals surface area contributed by atoms with Crippen LogP contribution in [0, 0.1) is 5.92 Å².